The fourth-order valence-electron chi connectivity index (χ4n) is 2.11. The van der Waals surface area contributed by atoms with Crippen molar-refractivity contribution in [2.45, 2.75) is 25.1 Å². The van der Waals surface area contributed by atoms with Crippen LogP contribution in [0.25, 0.3) is 0 Å². The Kier molecular flexibility index (Phi) is 5.61. The quantitative estimate of drug-likeness (QED) is 0.749. The first-order valence-corrected chi connectivity index (χ1v) is 6.26. The highest BCUT2D eigenvalue weighted by atomic mass is 19.4. The van der Waals surface area contributed by atoms with Gasteiger partial charge < -0.3 is 20.2 Å². The van der Waals surface area contributed by atoms with E-state index in [0.29, 0.717) is 6.04 Å². The van der Waals surface area contributed by atoms with E-state index >= 15 is 0 Å². The van der Waals surface area contributed by atoms with E-state index in [1.165, 1.54) is 6.42 Å². The van der Waals surface area contributed by atoms with Crippen molar-refractivity contribution >= 4 is 12.0 Å². The standard InChI is InChI=1S/C9H17N3O.C2HF3O2/c1-11-5-6-12(9(11)13)8-3-2-4-10-7-8;3-2(4,5)1(6)7/h8,10H,2-7H2,1H3;(H,6,7)/t8-;/m1./s1. The van der Waals surface area contributed by atoms with Crippen molar-refractivity contribution in [3.63, 3.8) is 0 Å². The van der Waals surface area contributed by atoms with Crippen molar-refractivity contribution in [1.29, 1.82) is 0 Å². The Bertz CT molecular complexity index is 357. The molecule has 116 valence electrons. The summed E-state index contributed by atoms with van der Waals surface area (Å²) in [6.07, 6.45) is -2.73. The third-order valence-electron chi connectivity index (χ3n) is 3.20. The molecule has 2 saturated heterocycles. The molecule has 2 rings (SSSR count). The van der Waals surface area contributed by atoms with Crippen molar-refractivity contribution in [1.82, 2.24) is 15.1 Å². The molecular weight excluding hydrogens is 279 g/mol. The number of hydrogen-bond acceptors (Lipinski definition) is 3. The zero-order valence-corrected chi connectivity index (χ0v) is 11.1. The molecule has 0 aromatic rings. The number of nitrogens with one attached hydrogen (secondary N) is 1. The first-order chi connectivity index (χ1) is 9.23. The number of urea groups is 1. The second-order valence-corrected chi connectivity index (χ2v) is 4.70. The van der Waals surface area contributed by atoms with Crippen LogP contribution in [-0.4, -0.2) is 72.4 Å². The molecule has 0 radical (unpaired) electrons. The highest BCUT2D eigenvalue weighted by molar-refractivity contribution is 5.76. The lowest BCUT2D eigenvalue weighted by atomic mass is 10.1. The van der Waals surface area contributed by atoms with Gasteiger partial charge in [0.25, 0.3) is 0 Å². The number of aliphatic carboxylic acids is 1. The SMILES string of the molecule is CN1CCN([C@@H]2CCCNC2)C1=O.O=C(O)C(F)(F)F. The number of carboxylic acid groups (broad SMARTS) is 1. The molecular formula is C11H18F3N3O3. The molecule has 2 amide bonds. The average molecular weight is 297 g/mol. The van der Waals surface area contributed by atoms with Crippen LogP contribution in [0.4, 0.5) is 18.0 Å². The number of amides is 2. The summed E-state index contributed by atoms with van der Waals surface area (Å²) in [5.74, 6) is -2.76. The van der Waals surface area contributed by atoms with Gasteiger partial charge in [0, 0.05) is 32.7 Å². The summed E-state index contributed by atoms with van der Waals surface area (Å²) in [5, 5.41) is 10.5. The van der Waals surface area contributed by atoms with Crippen LogP contribution in [0.15, 0.2) is 0 Å². The molecule has 2 fully saturated rings. The van der Waals surface area contributed by atoms with Crippen LogP contribution >= 0.6 is 0 Å². The summed E-state index contributed by atoms with van der Waals surface area (Å²) in [7, 11) is 1.87. The number of halogens is 3. The molecule has 1 atom stereocenters. The monoisotopic (exact) mass is 297 g/mol. The highest BCUT2D eigenvalue weighted by Gasteiger charge is 2.38. The Labute approximate surface area is 114 Å². The highest BCUT2D eigenvalue weighted by Crippen LogP contribution is 2.16. The Morgan fingerprint density at radius 3 is 2.35 bits per heavy atom. The molecule has 2 aliphatic heterocycles. The van der Waals surface area contributed by atoms with Gasteiger partial charge in [-0.3, -0.25) is 0 Å². The molecule has 0 aromatic heterocycles. The van der Waals surface area contributed by atoms with E-state index < -0.39 is 12.1 Å². The smallest absolute Gasteiger partial charge is 0.475 e. The number of nitrogens with zero attached hydrogens (tertiary/aromatic N) is 2. The molecule has 0 spiro atoms. The summed E-state index contributed by atoms with van der Waals surface area (Å²) in [6.45, 7) is 3.87. The molecule has 2 N–H and O–H groups in total. The van der Waals surface area contributed by atoms with Crippen LogP contribution < -0.4 is 5.32 Å². The molecule has 6 nitrogen and oxygen atoms in total. The summed E-state index contributed by atoms with van der Waals surface area (Å²) >= 11 is 0. The number of carboxylic acids is 1. The van der Waals surface area contributed by atoms with Crippen molar-refractivity contribution < 1.29 is 27.9 Å². The number of rotatable bonds is 1. The van der Waals surface area contributed by atoms with Crippen molar-refractivity contribution in [3.8, 4) is 0 Å². The van der Waals surface area contributed by atoms with Crippen LogP contribution in [0, 0.1) is 0 Å². The minimum atomic E-state index is -5.08. The topological polar surface area (TPSA) is 72.9 Å². The van der Waals surface area contributed by atoms with Crippen LogP contribution in [-0.2, 0) is 4.79 Å². The average Bonchev–Trinajstić information content (AvgIpc) is 2.71. The van der Waals surface area contributed by atoms with Crippen molar-refractivity contribution in [2.75, 3.05) is 33.2 Å². The third kappa shape index (κ3) is 4.55. The Morgan fingerprint density at radius 2 is 2.00 bits per heavy atom. The van der Waals surface area contributed by atoms with Crippen LogP contribution in [0.5, 0.6) is 0 Å². The summed E-state index contributed by atoms with van der Waals surface area (Å²) in [6, 6.07) is 0.639. The minimum absolute atomic E-state index is 0.203. The maximum Gasteiger partial charge on any atom is 0.490 e. The van der Waals surface area contributed by atoms with Gasteiger partial charge in [0.05, 0.1) is 0 Å². The molecule has 0 aliphatic carbocycles. The largest absolute Gasteiger partial charge is 0.490 e. The maximum atomic E-state index is 11.6. The fourth-order valence-corrected chi connectivity index (χ4v) is 2.11. The molecule has 2 heterocycles. The van der Waals surface area contributed by atoms with Crippen molar-refractivity contribution in [2.24, 2.45) is 0 Å². The van der Waals surface area contributed by atoms with Gasteiger partial charge in [0.1, 0.15) is 0 Å². The van der Waals surface area contributed by atoms with Gasteiger partial charge in [-0.15, -0.1) is 0 Å². The molecule has 2 aliphatic rings. The van der Waals surface area contributed by atoms with E-state index in [4.69, 9.17) is 9.90 Å². The zero-order chi connectivity index (χ0) is 15.3. The van der Waals surface area contributed by atoms with E-state index in [0.717, 1.165) is 32.6 Å². The predicted molar refractivity (Wildman–Crippen MR) is 64.3 cm³/mol. The second kappa shape index (κ2) is 6.78. The van der Waals surface area contributed by atoms with E-state index in [-0.39, 0.29) is 6.03 Å². The fraction of sp³-hybridized carbons (Fsp3) is 0.818. The zero-order valence-electron chi connectivity index (χ0n) is 11.1. The van der Waals surface area contributed by atoms with Crippen LogP contribution in [0.2, 0.25) is 0 Å². The number of alkyl halides is 3. The number of carbonyl (C=O) groups is 2. The van der Waals surface area contributed by atoms with Crippen LogP contribution in [0.3, 0.4) is 0 Å². The van der Waals surface area contributed by atoms with E-state index in [1.807, 2.05) is 11.9 Å². The van der Waals surface area contributed by atoms with Gasteiger partial charge in [-0.05, 0) is 19.4 Å². The first-order valence-electron chi connectivity index (χ1n) is 6.26. The molecule has 0 unspecified atom stereocenters. The Hall–Kier alpha value is -1.51. The van der Waals surface area contributed by atoms with E-state index in [1.54, 1.807) is 4.90 Å². The van der Waals surface area contributed by atoms with E-state index in [9.17, 15) is 18.0 Å². The molecule has 0 saturated carbocycles. The maximum absolute atomic E-state index is 11.6. The lowest BCUT2D eigenvalue weighted by Gasteiger charge is -2.30. The normalized spacial score (nSPS) is 23.4. The number of likely N-dealkylation sites (N-methyl/N-ethyl adjacent to an activating group) is 1. The van der Waals surface area contributed by atoms with Gasteiger partial charge in [-0.1, -0.05) is 0 Å². The van der Waals surface area contributed by atoms with Crippen molar-refractivity contribution in [3.05, 3.63) is 0 Å². The molecule has 9 heteroatoms. The predicted octanol–water partition coefficient (Wildman–Crippen LogP) is 0.739. The van der Waals surface area contributed by atoms with Gasteiger partial charge >= 0.3 is 18.2 Å². The van der Waals surface area contributed by atoms with Gasteiger partial charge in [0.2, 0.25) is 0 Å². The van der Waals surface area contributed by atoms with Crippen LogP contribution in [0.1, 0.15) is 12.8 Å². The third-order valence-corrected chi connectivity index (χ3v) is 3.20. The Morgan fingerprint density at radius 1 is 1.40 bits per heavy atom. The molecule has 0 bridgehead atoms. The molecule has 20 heavy (non-hydrogen) atoms. The lowest BCUT2D eigenvalue weighted by Crippen LogP contribution is -2.47. The van der Waals surface area contributed by atoms with Gasteiger partial charge in [0.15, 0.2) is 0 Å². The minimum Gasteiger partial charge on any atom is -0.475 e. The summed E-state index contributed by atoms with van der Waals surface area (Å²) in [4.78, 5) is 24.3. The number of hydrogen-bond donors (Lipinski definition) is 2. The molecule has 0 aromatic carbocycles. The Balaban J connectivity index is 0.000000246. The number of carbonyl (C=O) groups excluding carboxylic acids is 1. The second-order valence-electron chi connectivity index (χ2n) is 4.70. The van der Waals surface area contributed by atoms with Gasteiger partial charge in [-0.25, -0.2) is 9.59 Å². The van der Waals surface area contributed by atoms with E-state index in [2.05, 4.69) is 5.32 Å². The summed E-state index contributed by atoms with van der Waals surface area (Å²) < 4.78 is 31.7. The van der Waals surface area contributed by atoms with Gasteiger partial charge in [-0.2, -0.15) is 13.2 Å². The number of piperidine rings is 1. The lowest BCUT2D eigenvalue weighted by molar-refractivity contribution is -0.192. The first kappa shape index (κ1) is 16.5. The summed E-state index contributed by atoms with van der Waals surface area (Å²) in [5.41, 5.74) is 0.